The number of nitrogens with zero attached hydrogens (tertiary/aromatic N) is 1. The number of likely N-dealkylation sites (tertiary alicyclic amines) is 1. The first kappa shape index (κ1) is 19.2. The molecule has 0 amide bonds. The van der Waals surface area contributed by atoms with Crippen molar-refractivity contribution in [1.82, 2.24) is 4.90 Å². The number of hydrogen-bond donors (Lipinski definition) is 0. The summed E-state index contributed by atoms with van der Waals surface area (Å²) in [5, 5.41) is 0. The van der Waals surface area contributed by atoms with Gasteiger partial charge in [-0.3, -0.25) is 0 Å². The third-order valence-corrected chi connectivity index (χ3v) is 5.34. The lowest BCUT2D eigenvalue weighted by Gasteiger charge is -2.37. The van der Waals surface area contributed by atoms with Crippen LogP contribution in [-0.2, 0) is 9.47 Å². The van der Waals surface area contributed by atoms with Crippen molar-refractivity contribution >= 4 is 0 Å². The average molecular weight is 326 g/mol. The van der Waals surface area contributed by atoms with Crippen LogP contribution in [-0.4, -0.2) is 43.5 Å². The molecule has 136 valence electrons. The first-order valence-electron chi connectivity index (χ1n) is 10.0. The minimum atomic E-state index is 0.0518. The lowest BCUT2D eigenvalue weighted by atomic mass is 9.91. The molecule has 2 heterocycles. The first-order chi connectivity index (χ1) is 11.0. The fourth-order valence-electron chi connectivity index (χ4n) is 3.73. The van der Waals surface area contributed by atoms with E-state index in [0.29, 0.717) is 6.10 Å². The van der Waals surface area contributed by atoms with Crippen LogP contribution >= 0.6 is 0 Å². The van der Waals surface area contributed by atoms with Gasteiger partial charge in [-0.2, -0.15) is 0 Å². The van der Waals surface area contributed by atoms with E-state index in [0.717, 1.165) is 37.3 Å². The van der Waals surface area contributed by atoms with E-state index in [2.05, 4.69) is 32.6 Å². The van der Waals surface area contributed by atoms with Gasteiger partial charge >= 0.3 is 0 Å². The minimum absolute atomic E-state index is 0.0518. The second-order valence-electron chi connectivity index (χ2n) is 8.55. The molecule has 2 aliphatic rings. The topological polar surface area (TPSA) is 21.7 Å². The summed E-state index contributed by atoms with van der Waals surface area (Å²) in [5.74, 6) is 2.40. The Balaban J connectivity index is 1.70. The summed E-state index contributed by atoms with van der Waals surface area (Å²) < 4.78 is 12.3. The highest BCUT2D eigenvalue weighted by molar-refractivity contribution is 4.76. The van der Waals surface area contributed by atoms with E-state index in [1.807, 2.05) is 0 Å². The van der Waals surface area contributed by atoms with Gasteiger partial charge < -0.3 is 14.4 Å². The number of hydrogen-bond acceptors (Lipinski definition) is 3. The van der Waals surface area contributed by atoms with Crippen LogP contribution in [0.1, 0.15) is 72.6 Å². The Morgan fingerprint density at radius 3 is 2.61 bits per heavy atom. The van der Waals surface area contributed by atoms with Crippen LogP contribution in [0.25, 0.3) is 0 Å². The molecule has 2 rings (SSSR count). The summed E-state index contributed by atoms with van der Waals surface area (Å²) in [7, 11) is 0. The van der Waals surface area contributed by atoms with Crippen molar-refractivity contribution in [3.63, 3.8) is 0 Å². The molecule has 0 spiro atoms. The maximum atomic E-state index is 6.34. The SMILES string of the molecule is CC(C)CCC1CCOC(OC2CCCN(CCC(C)C)C2)C1. The molecule has 3 atom stereocenters. The highest BCUT2D eigenvalue weighted by Gasteiger charge is 2.28. The van der Waals surface area contributed by atoms with Gasteiger partial charge in [-0.15, -0.1) is 0 Å². The summed E-state index contributed by atoms with van der Waals surface area (Å²) in [6.07, 6.45) is 9.20. The Hall–Kier alpha value is -0.120. The Kier molecular flexibility index (Phi) is 8.35. The van der Waals surface area contributed by atoms with E-state index >= 15 is 0 Å². The zero-order valence-corrected chi connectivity index (χ0v) is 15.9. The monoisotopic (exact) mass is 325 g/mol. The van der Waals surface area contributed by atoms with Crippen LogP contribution in [0.4, 0.5) is 0 Å². The van der Waals surface area contributed by atoms with Crippen molar-refractivity contribution in [3.8, 4) is 0 Å². The van der Waals surface area contributed by atoms with Crippen molar-refractivity contribution in [3.05, 3.63) is 0 Å². The Labute approximate surface area is 144 Å². The quantitative estimate of drug-likeness (QED) is 0.645. The highest BCUT2D eigenvalue weighted by atomic mass is 16.7. The van der Waals surface area contributed by atoms with E-state index in [4.69, 9.17) is 9.47 Å². The van der Waals surface area contributed by atoms with E-state index in [1.54, 1.807) is 0 Å². The fourth-order valence-corrected chi connectivity index (χ4v) is 3.73. The highest BCUT2D eigenvalue weighted by Crippen LogP contribution is 2.28. The standard InChI is InChI=1S/C20H39NO2/c1-16(2)7-8-18-10-13-22-20(14-18)23-19-6-5-11-21(15-19)12-9-17(3)4/h16-20H,5-15H2,1-4H3. The van der Waals surface area contributed by atoms with Gasteiger partial charge in [0.25, 0.3) is 0 Å². The molecule has 0 aromatic rings. The van der Waals surface area contributed by atoms with Gasteiger partial charge in [0, 0.05) is 19.6 Å². The van der Waals surface area contributed by atoms with Crippen LogP contribution in [0, 0.1) is 17.8 Å². The summed E-state index contributed by atoms with van der Waals surface area (Å²) in [6.45, 7) is 13.7. The molecule has 0 aromatic heterocycles. The van der Waals surface area contributed by atoms with E-state index in [1.165, 1.54) is 51.6 Å². The molecule has 0 radical (unpaired) electrons. The number of rotatable bonds is 8. The fraction of sp³-hybridized carbons (Fsp3) is 1.00. The molecular formula is C20H39NO2. The van der Waals surface area contributed by atoms with Crippen molar-refractivity contribution in [2.75, 3.05) is 26.2 Å². The smallest absolute Gasteiger partial charge is 0.158 e. The predicted molar refractivity (Wildman–Crippen MR) is 96.5 cm³/mol. The minimum Gasteiger partial charge on any atom is -0.353 e. The first-order valence-corrected chi connectivity index (χ1v) is 10.0. The predicted octanol–water partition coefficient (Wildman–Crippen LogP) is 4.70. The van der Waals surface area contributed by atoms with E-state index in [-0.39, 0.29) is 6.29 Å². The maximum absolute atomic E-state index is 6.34. The molecule has 0 N–H and O–H groups in total. The Bertz CT molecular complexity index is 289. The molecule has 2 aliphatic heterocycles. The lowest BCUT2D eigenvalue weighted by molar-refractivity contribution is -0.206. The zero-order valence-electron chi connectivity index (χ0n) is 15.9. The van der Waals surface area contributed by atoms with Crippen LogP contribution in [0.15, 0.2) is 0 Å². The van der Waals surface area contributed by atoms with Crippen molar-refractivity contribution in [1.29, 1.82) is 0 Å². The molecule has 23 heavy (non-hydrogen) atoms. The zero-order chi connectivity index (χ0) is 16.7. The molecular weight excluding hydrogens is 286 g/mol. The van der Waals surface area contributed by atoms with Gasteiger partial charge in [0.15, 0.2) is 6.29 Å². The second-order valence-corrected chi connectivity index (χ2v) is 8.55. The third kappa shape index (κ3) is 7.53. The Morgan fingerprint density at radius 2 is 1.87 bits per heavy atom. The van der Waals surface area contributed by atoms with Crippen molar-refractivity contribution in [2.45, 2.75) is 85.0 Å². The largest absolute Gasteiger partial charge is 0.353 e. The maximum Gasteiger partial charge on any atom is 0.158 e. The molecule has 0 bridgehead atoms. The van der Waals surface area contributed by atoms with E-state index in [9.17, 15) is 0 Å². The lowest BCUT2D eigenvalue weighted by Crippen LogP contribution is -2.43. The molecule has 2 fully saturated rings. The molecule has 2 saturated heterocycles. The molecule has 3 heteroatoms. The summed E-state index contributed by atoms with van der Waals surface area (Å²) in [6, 6.07) is 0. The van der Waals surface area contributed by atoms with Crippen LogP contribution in [0.5, 0.6) is 0 Å². The number of piperidine rings is 1. The van der Waals surface area contributed by atoms with Crippen LogP contribution in [0.2, 0.25) is 0 Å². The van der Waals surface area contributed by atoms with Gasteiger partial charge in [0.2, 0.25) is 0 Å². The van der Waals surface area contributed by atoms with Crippen LogP contribution < -0.4 is 0 Å². The summed E-state index contributed by atoms with van der Waals surface area (Å²) >= 11 is 0. The molecule has 0 aliphatic carbocycles. The Morgan fingerprint density at radius 1 is 1.09 bits per heavy atom. The molecule has 3 nitrogen and oxygen atoms in total. The molecule has 3 unspecified atom stereocenters. The summed E-state index contributed by atoms with van der Waals surface area (Å²) in [5.41, 5.74) is 0. The second kappa shape index (κ2) is 10.0. The van der Waals surface area contributed by atoms with Gasteiger partial charge in [0.1, 0.15) is 0 Å². The normalized spacial score (nSPS) is 30.3. The van der Waals surface area contributed by atoms with Crippen molar-refractivity contribution < 1.29 is 9.47 Å². The van der Waals surface area contributed by atoms with Crippen LogP contribution in [0.3, 0.4) is 0 Å². The van der Waals surface area contributed by atoms with Gasteiger partial charge in [-0.05, 0) is 62.9 Å². The average Bonchev–Trinajstić information content (AvgIpc) is 2.52. The van der Waals surface area contributed by atoms with Gasteiger partial charge in [-0.25, -0.2) is 0 Å². The third-order valence-electron chi connectivity index (χ3n) is 5.34. The number of ether oxygens (including phenoxy) is 2. The van der Waals surface area contributed by atoms with Crippen molar-refractivity contribution in [2.24, 2.45) is 17.8 Å². The summed E-state index contributed by atoms with van der Waals surface area (Å²) in [4.78, 5) is 2.59. The molecule has 0 aromatic carbocycles. The molecule has 0 saturated carbocycles. The van der Waals surface area contributed by atoms with Gasteiger partial charge in [0.05, 0.1) is 6.10 Å². The van der Waals surface area contributed by atoms with Gasteiger partial charge in [-0.1, -0.05) is 34.1 Å². The van der Waals surface area contributed by atoms with E-state index < -0.39 is 0 Å².